The molecule has 0 heterocycles. The first-order valence-corrected chi connectivity index (χ1v) is 7.33. The maximum Gasteiger partial charge on any atom is 0.251 e. The van der Waals surface area contributed by atoms with Gasteiger partial charge in [-0.15, -0.1) is 0 Å². The Morgan fingerprint density at radius 1 is 0.833 bits per heavy atom. The minimum absolute atomic E-state index is 0.239. The Morgan fingerprint density at radius 3 is 2.00 bits per heavy atom. The normalized spacial score (nSPS) is 10.0. The van der Waals surface area contributed by atoms with E-state index in [0.717, 1.165) is 5.56 Å². The molecule has 0 aliphatic carbocycles. The maximum absolute atomic E-state index is 12.4. The summed E-state index contributed by atoms with van der Waals surface area (Å²) < 4.78 is 20.9. The lowest BCUT2D eigenvalue weighted by atomic mass is 10.1. The zero-order valence-electron chi connectivity index (χ0n) is 14.2. The van der Waals surface area contributed by atoms with Crippen molar-refractivity contribution in [1.82, 2.24) is 5.32 Å². The molecule has 128 valence electrons. The second-order valence-corrected chi connectivity index (χ2v) is 4.96. The highest BCUT2D eigenvalue weighted by molar-refractivity contribution is 5.95. The van der Waals surface area contributed by atoms with Gasteiger partial charge in [-0.2, -0.15) is 0 Å². The number of ether oxygens (including phenoxy) is 4. The zero-order valence-corrected chi connectivity index (χ0v) is 14.2. The number of carbonyl (C=O) groups excluding carboxylic acids is 1. The summed E-state index contributed by atoms with van der Waals surface area (Å²) >= 11 is 0. The number of methoxy groups -OCH3 is 4. The molecule has 24 heavy (non-hydrogen) atoms. The molecular formula is C18H21NO5. The maximum atomic E-state index is 12.4. The largest absolute Gasteiger partial charge is 0.497 e. The van der Waals surface area contributed by atoms with Crippen LogP contribution in [0, 0.1) is 0 Å². The van der Waals surface area contributed by atoms with E-state index < -0.39 is 0 Å². The van der Waals surface area contributed by atoms with Crippen LogP contribution in [0.15, 0.2) is 36.4 Å². The molecule has 1 amide bonds. The Morgan fingerprint density at radius 2 is 1.46 bits per heavy atom. The number of rotatable bonds is 7. The van der Waals surface area contributed by atoms with Gasteiger partial charge in [0.2, 0.25) is 0 Å². The smallest absolute Gasteiger partial charge is 0.251 e. The fraction of sp³-hybridized carbons (Fsp3) is 0.278. The lowest BCUT2D eigenvalue weighted by molar-refractivity contribution is 0.0950. The molecule has 0 saturated heterocycles. The number of benzene rings is 2. The topological polar surface area (TPSA) is 66.0 Å². The van der Waals surface area contributed by atoms with Gasteiger partial charge in [0.15, 0.2) is 0 Å². The third kappa shape index (κ3) is 4.10. The first-order chi connectivity index (χ1) is 11.6. The molecule has 0 saturated carbocycles. The molecule has 0 aromatic heterocycles. The Bertz CT molecular complexity index is 692. The second kappa shape index (κ2) is 8.10. The molecule has 0 bridgehead atoms. The van der Waals surface area contributed by atoms with Gasteiger partial charge >= 0.3 is 0 Å². The summed E-state index contributed by atoms with van der Waals surface area (Å²) in [5.74, 6) is 2.25. The molecular weight excluding hydrogens is 310 g/mol. The molecule has 2 aromatic rings. The van der Waals surface area contributed by atoms with Gasteiger partial charge in [-0.05, 0) is 30.3 Å². The molecule has 0 aliphatic heterocycles. The highest BCUT2D eigenvalue weighted by Gasteiger charge is 2.11. The summed E-state index contributed by atoms with van der Waals surface area (Å²) in [5, 5.41) is 2.86. The van der Waals surface area contributed by atoms with E-state index in [4.69, 9.17) is 18.9 Å². The number of hydrogen-bond donors (Lipinski definition) is 1. The van der Waals surface area contributed by atoms with Crippen molar-refractivity contribution < 1.29 is 23.7 Å². The number of carbonyl (C=O) groups is 1. The van der Waals surface area contributed by atoms with Crippen molar-refractivity contribution in [2.45, 2.75) is 6.54 Å². The average Bonchev–Trinajstić information content (AvgIpc) is 2.65. The summed E-state index contributed by atoms with van der Waals surface area (Å²) in [6.45, 7) is 0.304. The molecule has 0 radical (unpaired) electrons. The van der Waals surface area contributed by atoms with Gasteiger partial charge in [-0.1, -0.05) is 0 Å². The van der Waals surface area contributed by atoms with Crippen molar-refractivity contribution in [3.05, 3.63) is 47.5 Å². The standard InChI is InChI=1S/C18H21NO5/c1-21-14-5-6-17(24-4)13(9-14)11-19-18(20)12-7-15(22-2)10-16(8-12)23-3/h5-10H,11H2,1-4H3,(H,19,20). The highest BCUT2D eigenvalue weighted by atomic mass is 16.5. The summed E-state index contributed by atoms with van der Waals surface area (Å²) in [4.78, 5) is 12.4. The Labute approximate surface area is 141 Å². The van der Waals surface area contributed by atoms with Crippen LogP contribution >= 0.6 is 0 Å². The van der Waals surface area contributed by atoms with Gasteiger partial charge in [0.05, 0.1) is 28.4 Å². The second-order valence-electron chi connectivity index (χ2n) is 4.96. The van der Waals surface area contributed by atoms with Crippen LogP contribution < -0.4 is 24.3 Å². The fourth-order valence-corrected chi connectivity index (χ4v) is 2.24. The van der Waals surface area contributed by atoms with Crippen LogP contribution in [0.25, 0.3) is 0 Å². The highest BCUT2D eigenvalue weighted by Crippen LogP contribution is 2.25. The fourth-order valence-electron chi connectivity index (χ4n) is 2.24. The molecule has 1 N–H and O–H groups in total. The minimum Gasteiger partial charge on any atom is -0.497 e. The van der Waals surface area contributed by atoms with E-state index in [1.54, 1.807) is 44.6 Å². The SMILES string of the molecule is COc1cc(OC)cc(C(=O)NCc2cc(OC)ccc2OC)c1. The van der Waals surface area contributed by atoms with Crippen LogP contribution in [0.2, 0.25) is 0 Å². The summed E-state index contributed by atoms with van der Waals surface area (Å²) in [6, 6.07) is 10.4. The third-order valence-corrected chi connectivity index (χ3v) is 3.54. The van der Waals surface area contributed by atoms with E-state index in [0.29, 0.717) is 35.1 Å². The van der Waals surface area contributed by atoms with Crippen molar-refractivity contribution >= 4 is 5.91 Å². The van der Waals surface area contributed by atoms with E-state index in [1.807, 2.05) is 6.07 Å². The van der Waals surface area contributed by atoms with Gasteiger partial charge in [-0.3, -0.25) is 4.79 Å². The zero-order chi connectivity index (χ0) is 17.5. The van der Waals surface area contributed by atoms with Crippen LogP contribution in [0.3, 0.4) is 0 Å². The molecule has 2 aromatic carbocycles. The predicted octanol–water partition coefficient (Wildman–Crippen LogP) is 2.65. The summed E-state index contributed by atoms with van der Waals surface area (Å²) in [5.41, 5.74) is 1.27. The molecule has 0 fully saturated rings. The first-order valence-electron chi connectivity index (χ1n) is 7.33. The van der Waals surface area contributed by atoms with E-state index in [-0.39, 0.29) is 5.91 Å². The van der Waals surface area contributed by atoms with Crippen LogP contribution in [-0.4, -0.2) is 34.3 Å². The molecule has 0 aliphatic rings. The molecule has 0 spiro atoms. The Balaban J connectivity index is 2.16. The molecule has 6 nitrogen and oxygen atoms in total. The molecule has 2 rings (SSSR count). The molecule has 0 atom stereocenters. The number of nitrogens with one attached hydrogen (secondary N) is 1. The number of amides is 1. The minimum atomic E-state index is -0.239. The summed E-state index contributed by atoms with van der Waals surface area (Å²) in [6.07, 6.45) is 0. The van der Waals surface area contributed by atoms with Gasteiger partial charge in [-0.25, -0.2) is 0 Å². The quantitative estimate of drug-likeness (QED) is 0.845. The van der Waals surface area contributed by atoms with Crippen molar-refractivity contribution in [2.75, 3.05) is 28.4 Å². The Hall–Kier alpha value is -2.89. The van der Waals surface area contributed by atoms with Crippen LogP contribution in [0.4, 0.5) is 0 Å². The van der Waals surface area contributed by atoms with E-state index in [9.17, 15) is 4.79 Å². The monoisotopic (exact) mass is 331 g/mol. The van der Waals surface area contributed by atoms with Gasteiger partial charge in [0, 0.05) is 23.7 Å². The molecule has 6 heteroatoms. The molecule has 0 unspecified atom stereocenters. The van der Waals surface area contributed by atoms with Gasteiger partial charge < -0.3 is 24.3 Å². The van der Waals surface area contributed by atoms with E-state index >= 15 is 0 Å². The first kappa shape index (κ1) is 17.5. The average molecular weight is 331 g/mol. The van der Waals surface area contributed by atoms with Crippen molar-refractivity contribution in [3.8, 4) is 23.0 Å². The Kier molecular flexibility index (Phi) is 5.89. The summed E-state index contributed by atoms with van der Waals surface area (Å²) in [7, 11) is 6.25. The van der Waals surface area contributed by atoms with Gasteiger partial charge in [0.25, 0.3) is 5.91 Å². The number of hydrogen-bond acceptors (Lipinski definition) is 5. The van der Waals surface area contributed by atoms with Crippen molar-refractivity contribution in [2.24, 2.45) is 0 Å². The van der Waals surface area contributed by atoms with E-state index in [1.165, 1.54) is 14.2 Å². The third-order valence-electron chi connectivity index (χ3n) is 3.54. The van der Waals surface area contributed by atoms with Gasteiger partial charge in [0.1, 0.15) is 23.0 Å². The predicted molar refractivity (Wildman–Crippen MR) is 90.3 cm³/mol. The van der Waals surface area contributed by atoms with Crippen molar-refractivity contribution in [3.63, 3.8) is 0 Å². The lowest BCUT2D eigenvalue weighted by Gasteiger charge is -2.12. The van der Waals surface area contributed by atoms with Crippen LogP contribution in [-0.2, 0) is 6.54 Å². The van der Waals surface area contributed by atoms with Crippen LogP contribution in [0.5, 0.6) is 23.0 Å². The van der Waals surface area contributed by atoms with E-state index in [2.05, 4.69) is 5.32 Å². The van der Waals surface area contributed by atoms with Crippen LogP contribution in [0.1, 0.15) is 15.9 Å². The van der Waals surface area contributed by atoms with Crippen molar-refractivity contribution in [1.29, 1.82) is 0 Å². The lowest BCUT2D eigenvalue weighted by Crippen LogP contribution is -2.23.